The van der Waals surface area contributed by atoms with Crippen molar-refractivity contribution in [2.75, 3.05) is 12.0 Å². The summed E-state index contributed by atoms with van der Waals surface area (Å²) in [4.78, 5) is 11.3. The van der Waals surface area contributed by atoms with E-state index in [1.54, 1.807) is 12.1 Å². The topological polar surface area (TPSA) is 89.3 Å². The molecule has 0 fully saturated rings. The number of aryl methyl sites for hydroxylation is 1. The number of rotatable bonds is 5. The number of hydrogen-bond acceptors (Lipinski definition) is 4. The summed E-state index contributed by atoms with van der Waals surface area (Å²) in [5.74, 6) is -1.17. The Kier molecular flexibility index (Phi) is 4.67. The molecular formula is C13H13IN2O4S. The van der Waals surface area contributed by atoms with Crippen LogP contribution in [0.3, 0.4) is 0 Å². The van der Waals surface area contributed by atoms with E-state index in [1.807, 2.05) is 12.1 Å². The smallest absolute Gasteiger partial charge is 0.339 e. The third-order valence-electron chi connectivity index (χ3n) is 2.80. The van der Waals surface area contributed by atoms with Crippen molar-refractivity contribution in [1.82, 2.24) is 9.78 Å². The number of carboxylic acids is 1. The third-order valence-corrected chi connectivity index (χ3v) is 4.44. The van der Waals surface area contributed by atoms with Gasteiger partial charge in [0.2, 0.25) is 0 Å². The molecule has 0 spiro atoms. The third kappa shape index (κ3) is 4.27. The minimum absolute atomic E-state index is 0.0599. The van der Waals surface area contributed by atoms with E-state index in [1.165, 1.54) is 10.9 Å². The van der Waals surface area contributed by atoms with Crippen LogP contribution in [0.4, 0.5) is 0 Å². The number of hydrogen-bond donors (Lipinski definition) is 1. The average molecular weight is 420 g/mol. The van der Waals surface area contributed by atoms with Gasteiger partial charge in [-0.1, -0.05) is 12.1 Å². The molecule has 0 unspecified atom stereocenters. The van der Waals surface area contributed by atoms with E-state index in [9.17, 15) is 18.3 Å². The molecule has 0 saturated carbocycles. The molecule has 0 bridgehead atoms. The number of nitrogens with zero attached hydrogens (tertiary/aromatic N) is 2. The summed E-state index contributed by atoms with van der Waals surface area (Å²) in [6, 6.07) is 7.29. The van der Waals surface area contributed by atoms with E-state index >= 15 is 0 Å². The largest absolute Gasteiger partial charge is 0.478 e. The molecule has 0 amide bonds. The fourth-order valence-corrected chi connectivity index (χ4v) is 2.65. The molecule has 0 aliphatic heterocycles. The normalized spacial score (nSPS) is 11.5. The van der Waals surface area contributed by atoms with E-state index in [-0.39, 0.29) is 17.9 Å². The van der Waals surface area contributed by atoms with Crippen molar-refractivity contribution < 1.29 is 18.3 Å². The van der Waals surface area contributed by atoms with Crippen LogP contribution in [0.1, 0.15) is 10.4 Å². The molecule has 21 heavy (non-hydrogen) atoms. The van der Waals surface area contributed by atoms with Crippen molar-refractivity contribution in [1.29, 1.82) is 0 Å². The molecule has 0 atom stereocenters. The van der Waals surface area contributed by atoms with Gasteiger partial charge in [-0.05, 0) is 34.7 Å². The van der Waals surface area contributed by atoms with Crippen LogP contribution in [-0.4, -0.2) is 41.3 Å². The summed E-state index contributed by atoms with van der Waals surface area (Å²) in [6.45, 7) is 0.128. The molecule has 0 saturated heterocycles. The fourth-order valence-electron chi connectivity index (χ4n) is 1.77. The first-order valence-corrected chi connectivity index (χ1v) is 9.14. The van der Waals surface area contributed by atoms with Gasteiger partial charge in [0, 0.05) is 21.6 Å². The highest BCUT2D eigenvalue weighted by atomic mass is 127. The first kappa shape index (κ1) is 16.0. The number of halogens is 1. The lowest BCUT2D eigenvalue weighted by Gasteiger charge is -2.00. The van der Waals surface area contributed by atoms with Gasteiger partial charge in [0.05, 0.1) is 12.3 Å². The Bertz CT molecular complexity index is 766. The van der Waals surface area contributed by atoms with Crippen LogP contribution < -0.4 is 0 Å². The van der Waals surface area contributed by atoms with Crippen molar-refractivity contribution in [2.45, 2.75) is 6.54 Å². The van der Waals surface area contributed by atoms with Gasteiger partial charge in [-0.15, -0.1) is 0 Å². The minimum atomic E-state index is -3.13. The Hall–Kier alpha value is -1.42. The quantitative estimate of drug-likeness (QED) is 0.747. The Labute approximate surface area is 135 Å². The average Bonchev–Trinajstić information content (AvgIpc) is 2.81. The van der Waals surface area contributed by atoms with Crippen LogP contribution in [0.15, 0.2) is 30.5 Å². The van der Waals surface area contributed by atoms with Gasteiger partial charge >= 0.3 is 5.97 Å². The number of aromatic carboxylic acids is 1. The Morgan fingerprint density at radius 3 is 2.48 bits per heavy atom. The maximum atomic E-state index is 11.3. The maximum Gasteiger partial charge on any atom is 0.339 e. The molecule has 0 radical (unpaired) electrons. The summed E-state index contributed by atoms with van der Waals surface area (Å²) < 4.78 is 24.7. The van der Waals surface area contributed by atoms with Crippen LogP contribution >= 0.6 is 22.6 Å². The summed E-state index contributed by atoms with van der Waals surface area (Å²) in [6.07, 6.45) is 2.50. The van der Waals surface area contributed by atoms with Crippen molar-refractivity contribution >= 4 is 38.4 Å². The number of aromatic nitrogens is 2. The second-order valence-electron chi connectivity index (χ2n) is 4.60. The van der Waals surface area contributed by atoms with E-state index in [4.69, 9.17) is 0 Å². The van der Waals surface area contributed by atoms with Crippen molar-refractivity contribution in [3.8, 4) is 11.3 Å². The van der Waals surface area contributed by atoms with Crippen molar-refractivity contribution in [3.05, 3.63) is 39.6 Å². The Balaban J connectivity index is 2.38. The summed E-state index contributed by atoms with van der Waals surface area (Å²) in [7, 11) is -3.13. The molecule has 6 nitrogen and oxygen atoms in total. The van der Waals surface area contributed by atoms with Crippen molar-refractivity contribution in [3.63, 3.8) is 0 Å². The number of carbonyl (C=O) groups is 1. The molecule has 8 heteroatoms. The Morgan fingerprint density at radius 2 is 1.95 bits per heavy atom. The highest BCUT2D eigenvalue weighted by Gasteiger charge is 2.17. The minimum Gasteiger partial charge on any atom is -0.478 e. The van der Waals surface area contributed by atoms with Crippen LogP contribution in [0, 0.1) is 3.57 Å². The predicted octanol–water partition coefficient (Wildman–Crippen LogP) is 1.90. The highest BCUT2D eigenvalue weighted by molar-refractivity contribution is 14.1. The van der Waals surface area contributed by atoms with Crippen LogP contribution in [0.5, 0.6) is 0 Å². The van der Waals surface area contributed by atoms with Gasteiger partial charge in [-0.25, -0.2) is 13.2 Å². The molecule has 0 aliphatic carbocycles. The number of carboxylic acid groups (broad SMARTS) is 1. The predicted molar refractivity (Wildman–Crippen MR) is 87.1 cm³/mol. The molecule has 1 N–H and O–H groups in total. The number of sulfone groups is 1. The molecule has 1 aromatic heterocycles. The van der Waals surface area contributed by atoms with Crippen LogP contribution in [-0.2, 0) is 16.4 Å². The molecule has 112 valence electrons. The van der Waals surface area contributed by atoms with E-state index in [2.05, 4.69) is 27.7 Å². The SMILES string of the molecule is CS(=O)(=O)CCn1cc(C(=O)O)c(-c2ccc(I)cc2)n1. The molecule has 0 aliphatic rings. The zero-order valence-corrected chi connectivity index (χ0v) is 14.1. The molecule has 1 heterocycles. The van der Waals surface area contributed by atoms with E-state index < -0.39 is 15.8 Å². The molecular weight excluding hydrogens is 407 g/mol. The van der Waals surface area contributed by atoms with Gasteiger partial charge in [0.1, 0.15) is 21.1 Å². The summed E-state index contributed by atoms with van der Waals surface area (Å²) in [5.41, 5.74) is 1.09. The molecule has 2 aromatic rings. The van der Waals surface area contributed by atoms with Gasteiger partial charge in [0.15, 0.2) is 0 Å². The van der Waals surface area contributed by atoms with Gasteiger partial charge < -0.3 is 5.11 Å². The van der Waals surface area contributed by atoms with Gasteiger partial charge in [0.25, 0.3) is 0 Å². The standard InChI is InChI=1S/C13H13IN2O4S/c1-21(19,20)7-6-16-8-11(13(17)18)12(15-16)9-2-4-10(14)5-3-9/h2-5,8H,6-7H2,1H3,(H,17,18). The van der Waals surface area contributed by atoms with E-state index in [0.717, 1.165) is 9.83 Å². The number of benzene rings is 1. The zero-order valence-electron chi connectivity index (χ0n) is 11.2. The first-order valence-electron chi connectivity index (χ1n) is 6.01. The van der Waals surface area contributed by atoms with Gasteiger partial charge in [-0.2, -0.15) is 5.10 Å². The monoisotopic (exact) mass is 420 g/mol. The lowest BCUT2D eigenvalue weighted by atomic mass is 10.1. The summed E-state index contributed by atoms with van der Waals surface area (Å²) in [5, 5.41) is 13.5. The second-order valence-corrected chi connectivity index (χ2v) is 8.10. The van der Waals surface area contributed by atoms with Crippen molar-refractivity contribution in [2.24, 2.45) is 0 Å². The van der Waals surface area contributed by atoms with Crippen LogP contribution in [0.25, 0.3) is 11.3 Å². The Morgan fingerprint density at radius 1 is 1.33 bits per heavy atom. The lowest BCUT2D eigenvalue weighted by molar-refractivity contribution is 0.0697. The zero-order chi connectivity index (χ0) is 15.6. The molecule has 1 aromatic carbocycles. The second kappa shape index (κ2) is 6.14. The van der Waals surface area contributed by atoms with Gasteiger partial charge in [-0.3, -0.25) is 4.68 Å². The van der Waals surface area contributed by atoms with Crippen LogP contribution in [0.2, 0.25) is 0 Å². The fraction of sp³-hybridized carbons (Fsp3) is 0.231. The lowest BCUT2D eigenvalue weighted by Crippen LogP contribution is -2.11. The van der Waals surface area contributed by atoms with E-state index in [0.29, 0.717) is 11.3 Å². The summed E-state index contributed by atoms with van der Waals surface area (Å²) >= 11 is 2.16. The first-order chi connectivity index (χ1) is 9.76. The molecule has 2 rings (SSSR count). The highest BCUT2D eigenvalue weighted by Crippen LogP contribution is 2.23. The maximum absolute atomic E-state index is 11.3.